The summed E-state index contributed by atoms with van der Waals surface area (Å²) in [5.74, 6) is 0.536. The molecule has 116 valence electrons. The predicted molar refractivity (Wildman–Crippen MR) is 87.3 cm³/mol. The third-order valence-electron chi connectivity index (χ3n) is 3.81. The summed E-state index contributed by atoms with van der Waals surface area (Å²) in [5.41, 5.74) is 4.61. The molecule has 6 heteroatoms. The molecule has 0 unspecified atom stereocenters. The van der Waals surface area contributed by atoms with Crippen LogP contribution < -0.4 is 5.32 Å². The van der Waals surface area contributed by atoms with Gasteiger partial charge in [0.25, 0.3) is 5.91 Å². The molecule has 0 atom stereocenters. The first-order valence-corrected chi connectivity index (χ1v) is 7.32. The summed E-state index contributed by atoms with van der Waals surface area (Å²) in [6, 6.07) is 13.4. The molecule has 23 heavy (non-hydrogen) atoms. The molecule has 0 saturated carbocycles. The molecular formula is C17H17N5O. The monoisotopic (exact) mass is 307 g/mol. The highest BCUT2D eigenvalue weighted by Crippen LogP contribution is 2.16. The maximum absolute atomic E-state index is 12.4. The first-order chi connectivity index (χ1) is 11.1. The smallest absolute Gasteiger partial charge is 0.255 e. The Balaban J connectivity index is 1.70. The van der Waals surface area contributed by atoms with Gasteiger partial charge < -0.3 is 5.32 Å². The molecule has 0 aliphatic carbocycles. The average molecular weight is 307 g/mol. The highest BCUT2D eigenvalue weighted by Gasteiger charge is 2.10. The van der Waals surface area contributed by atoms with Gasteiger partial charge in [-0.1, -0.05) is 29.5 Å². The van der Waals surface area contributed by atoms with Gasteiger partial charge in [0.2, 0.25) is 0 Å². The molecule has 1 heterocycles. The lowest BCUT2D eigenvalue weighted by Crippen LogP contribution is -2.13. The maximum Gasteiger partial charge on any atom is 0.255 e. The fraction of sp³-hybridized carbons (Fsp3) is 0.176. The Kier molecular flexibility index (Phi) is 4.14. The summed E-state index contributed by atoms with van der Waals surface area (Å²) >= 11 is 0. The van der Waals surface area contributed by atoms with Gasteiger partial charge >= 0.3 is 0 Å². The van der Waals surface area contributed by atoms with Crippen LogP contribution >= 0.6 is 0 Å². The van der Waals surface area contributed by atoms with E-state index in [2.05, 4.69) is 25.9 Å². The lowest BCUT2D eigenvalue weighted by Gasteiger charge is -2.10. The van der Waals surface area contributed by atoms with Crippen molar-refractivity contribution in [2.75, 3.05) is 5.32 Å². The van der Waals surface area contributed by atoms with Crippen molar-refractivity contribution >= 4 is 11.6 Å². The fourth-order valence-electron chi connectivity index (χ4n) is 2.34. The zero-order valence-electron chi connectivity index (χ0n) is 13.0. The molecule has 0 fully saturated rings. The summed E-state index contributed by atoms with van der Waals surface area (Å²) < 4.78 is 0. The number of aromatic nitrogens is 4. The number of carbonyl (C=O) groups is 1. The van der Waals surface area contributed by atoms with E-state index in [9.17, 15) is 4.79 Å². The van der Waals surface area contributed by atoms with Crippen molar-refractivity contribution in [3.63, 3.8) is 0 Å². The van der Waals surface area contributed by atoms with Gasteiger partial charge in [-0.05, 0) is 48.7 Å². The normalized spacial score (nSPS) is 10.5. The highest BCUT2D eigenvalue weighted by atomic mass is 16.1. The number of H-pyrrole nitrogens is 1. The highest BCUT2D eigenvalue weighted by molar-refractivity contribution is 6.05. The number of aryl methyl sites for hydroxylation is 1. The molecule has 3 rings (SSSR count). The molecule has 3 aromatic rings. The van der Waals surface area contributed by atoms with Crippen LogP contribution in [-0.4, -0.2) is 26.5 Å². The number of nitrogens with one attached hydrogen (secondary N) is 2. The summed E-state index contributed by atoms with van der Waals surface area (Å²) in [6.07, 6.45) is 0.599. The molecule has 1 amide bonds. The van der Waals surface area contributed by atoms with Crippen molar-refractivity contribution in [1.29, 1.82) is 0 Å². The first-order valence-electron chi connectivity index (χ1n) is 7.32. The Morgan fingerprint density at radius 2 is 1.91 bits per heavy atom. The van der Waals surface area contributed by atoms with Crippen molar-refractivity contribution in [3.8, 4) is 0 Å². The number of carbonyl (C=O) groups excluding carboxylic acids is 1. The zero-order chi connectivity index (χ0) is 16.2. The van der Waals surface area contributed by atoms with Gasteiger partial charge in [0, 0.05) is 17.7 Å². The molecule has 0 aliphatic heterocycles. The largest absolute Gasteiger partial charge is 0.322 e. The molecule has 0 saturated heterocycles. The average Bonchev–Trinajstić information content (AvgIpc) is 3.05. The van der Waals surface area contributed by atoms with Gasteiger partial charge in [0.1, 0.15) is 0 Å². The van der Waals surface area contributed by atoms with Crippen LogP contribution in [0.3, 0.4) is 0 Å². The first kappa shape index (κ1) is 14.9. The Bertz CT molecular complexity index is 810. The Morgan fingerprint density at radius 3 is 2.61 bits per heavy atom. The van der Waals surface area contributed by atoms with Crippen molar-refractivity contribution in [3.05, 3.63) is 70.5 Å². The number of hydrogen-bond donors (Lipinski definition) is 2. The van der Waals surface area contributed by atoms with E-state index in [0.717, 1.165) is 22.4 Å². The molecule has 6 nitrogen and oxygen atoms in total. The van der Waals surface area contributed by atoms with Crippen LogP contribution in [0.25, 0.3) is 0 Å². The van der Waals surface area contributed by atoms with Gasteiger partial charge in [-0.2, -0.15) is 5.21 Å². The van der Waals surface area contributed by atoms with Gasteiger partial charge in [-0.25, -0.2) is 0 Å². The second kappa shape index (κ2) is 6.39. The van der Waals surface area contributed by atoms with E-state index < -0.39 is 0 Å². The number of hydrogen-bond acceptors (Lipinski definition) is 4. The number of benzene rings is 2. The molecule has 2 N–H and O–H groups in total. The molecular weight excluding hydrogens is 290 g/mol. The molecule has 0 bridgehead atoms. The number of rotatable bonds is 4. The van der Waals surface area contributed by atoms with Gasteiger partial charge in [-0.3, -0.25) is 4.79 Å². The van der Waals surface area contributed by atoms with Gasteiger partial charge in [0.05, 0.1) is 0 Å². The van der Waals surface area contributed by atoms with E-state index in [4.69, 9.17) is 0 Å². The number of nitrogens with zero attached hydrogens (tertiary/aromatic N) is 3. The second-order valence-corrected chi connectivity index (χ2v) is 5.40. The van der Waals surface area contributed by atoms with Crippen LogP contribution in [0.1, 0.15) is 32.9 Å². The van der Waals surface area contributed by atoms with E-state index >= 15 is 0 Å². The third kappa shape index (κ3) is 3.42. The SMILES string of the molecule is Cc1cccc(C(=O)Nc2ccc(Cc3nn[nH]n3)cc2)c1C. The summed E-state index contributed by atoms with van der Waals surface area (Å²) in [7, 11) is 0. The number of tetrazole rings is 1. The number of anilines is 1. The molecule has 2 aromatic carbocycles. The van der Waals surface area contributed by atoms with Crippen molar-refractivity contribution in [1.82, 2.24) is 20.6 Å². The zero-order valence-corrected chi connectivity index (χ0v) is 13.0. The predicted octanol–water partition coefficient (Wildman–Crippen LogP) is 2.66. The van der Waals surface area contributed by atoms with Crippen LogP contribution in [-0.2, 0) is 6.42 Å². The third-order valence-corrected chi connectivity index (χ3v) is 3.81. The summed E-state index contributed by atoms with van der Waals surface area (Å²) in [4.78, 5) is 12.4. The van der Waals surface area contributed by atoms with Crippen LogP contribution in [0.2, 0.25) is 0 Å². The molecule has 1 aromatic heterocycles. The van der Waals surface area contributed by atoms with Crippen molar-refractivity contribution < 1.29 is 4.79 Å². The maximum atomic E-state index is 12.4. The Hall–Kier alpha value is -3.02. The summed E-state index contributed by atoms with van der Waals surface area (Å²) in [6.45, 7) is 3.96. The standard InChI is InChI=1S/C17H17N5O/c1-11-4-3-5-15(12(11)2)17(23)18-14-8-6-13(7-9-14)10-16-19-21-22-20-16/h3-9H,10H2,1-2H3,(H,18,23)(H,19,20,21,22). The van der Waals surface area contributed by atoms with E-state index in [-0.39, 0.29) is 5.91 Å². The lowest BCUT2D eigenvalue weighted by molar-refractivity contribution is 0.102. The summed E-state index contributed by atoms with van der Waals surface area (Å²) in [5, 5.41) is 16.7. The molecule has 0 spiro atoms. The van der Waals surface area contributed by atoms with Crippen LogP contribution in [0, 0.1) is 13.8 Å². The number of amides is 1. The quantitative estimate of drug-likeness (QED) is 0.776. The van der Waals surface area contributed by atoms with Crippen LogP contribution in [0.15, 0.2) is 42.5 Å². The van der Waals surface area contributed by atoms with E-state index in [1.54, 1.807) is 0 Å². The van der Waals surface area contributed by atoms with Crippen LogP contribution in [0.4, 0.5) is 5.69 Å². The molecule has 0 aliphatic rings. The van der Waals surface area contributed by atoms with E-state index in [0.29, 0.717) is 17.8 Å². The topological polar surface area (TPSA) is 83.6 Å². The van der Waals surface area contributed by atoms with Crippen molar-refractivity contribution in [2.24, 2.45) is 0 Å². The minimum Gasteiger partial charge on any atom is -0.322 e. The minimum atomic E-state index is -0.0999. The van der Waals surface area contributed by atoms with E-state index in [1.807, 2.05) is 56.3 Å². The van der Waals surface area contributed by atoms with E-state index in [1.165, 1.54) is 0 Å². The molecule has 0 radical (unpaired) electrons. The second-order valence-electron chi connectivity index (χ2n) is 5.40. The minimum absolute atomic E-state index is 0.0999. The van der Waals surface area contributed by atoms with Crippen LogP contribution in [0.5, 0.6) is 0 Å². The van der Waals surface area contributed by atoms with Gasteiger partial charge in [0.15, 0.2) is 5.82 Å². The lowest BCUT2D eigenvalue weighted by atomic mass is 10.0. The number of aromatic amines is 1. The van der Waals surface area contributed by atoms with Crippen molar-refractivity contribution in [2.45, 2.75) is 20.3 Å². The Labute approximate surface area is 133 Å². The van der Waals surface area contributed by atoms with Gasteiger partial charge in [-0.15, -0.1) is 10.2 Å². The Morgan fingerprint density at radius 1 is 1.13 bits per heavy atom. The fourth-order valence-corrected chi connectivity index (χ4v) is 2.34.